The van der Waals surface area contributed by atoms with Crippen LogP contribution in [0.25, 0.3) is 0 Å². The van der Waals surface area contributed by atoms with Crippen LogP contribution in [0.2, 0.25) is 6.32 Å². The van der Waals surface area contributed by atoms with E-state index in [2.05, 4.69) is 14.7 Å². The molecule has 1 rings (SSSR count). The summed E-state index contributed by atoms with van der Waals surface area (Å²) in [5.41, 5.74) is 0. The van der Waals surface area contributed by atoms with E-state index in [-0.39, 0.29) is 0 Å². The highest BCUT2D eigenvalue weighted by Gasteiger charge is 1.76. The molecule has 0 unspecified atom stereocenters. The van der Waals surface area contributed by atoms with Gasteiger partial charge >= 0.3 is 0 Å². The third-order valence-electron chi connectivity index (χ3n) is 1.46. The minimum Gasteiger partial charge on any atom is -0.508 e. The highest BCUT2D eigenvalue weighted by Crippen LogP contribution is 2.02. The minimum absolute atomic E-state index is 0.322. The lowest BCUT2D eigenvalue weighted by Crippen LogP contribution is -1.98. The van der Waals surface area contributed by atoms with Gasteiger partial charge in [0.15, 0.2) is 0 Å². The van der Waals surface area contributed by atoms with E-state index in [9.17, 15) is 0 Å². The fraction of sp³-hybridized carbons (Fsp3) is 0.250. The van der Waals surface area contributed by atoms with Crippen LogP contribution in [0, 0.1) is 0 Å². The first-order chi connectivity index (χ1) is 5.81. The van der Waals surface area contributed by atoms with Crippen LogP contribution in [0.3, 0.4) is 0 Å². The maximum atomic E-state index is 8.63. The van der Waals surface area contributed by atoms with Crippen molar-refractivity contribution in [2.24, 2.45) is 0 Å². The lowest BCUT2D eigenvalue weighted by Gasteiger charge is -1.82. The third-order valence-corrected chi connectivity index (χ3v) is 1.46. The lowest BCUT2D eigenvalue weighted by molar-refractivity contribution is 0.475. The number of para-hydroxylation sites is 1. The maximum absolute atomic E-state index is 8.63. The van der Waals surface area contributed by atoms with E-state index in [4.69, 9.17) is 5.11 Å². The first-order valence-electron chi connectivity index (χ1n) is 4.55. The van der Waals surface area contributed by atoms with Gasteiger partial charge in [-0.15, -0.1) is 0 Å². The second kappa shape index (κ2) is 8.31. The molecule has 1 aromatic rings. The molecule has 1 aromatic carbocycles. The van der Waals surface area contributed by atoms with Crippen molar-refractivity contribution in [2.75, 3.05) is 0 Å². The predicted octanol–water partition coefficient (Wildman–Crippen LogP) is 0.153. The molecule has 0 saturated carbocycles. The Balaban J connectivity index is 0.000000217. The van der Waals surface area contributed by atoms with Crippen LogP contribution in [0.1, 0.15) is 6.92 Å². The summed E-state index contributed by atoms with van der Waals surface area (Å²) in [7, 11) is 4.94. The van der Waals surface area contributed by atoms with Gasteiger partial charge in [0.1, 0.15) is 5.75 Å². The fourth-order valence-corrected chi connectivity index (χ4v) is 0.782. The van der Waals surface area contributed by atoms with Crippen molar-refractivity contribution in [2.45, 2.75) is 13.2 Å². The molecular weight excluding hydrogens is 145 g/mol. The summed E-state index contributed by atoms with van der Waals surface area (Å²) in [6.45, 7) is 2.21. The number of benzene rings is 1. The molecule has 0 heterocycles. The van der Waals surface area contributed by atoms with E-state index in [1.807, 2.05) is 6.07 Å². The summed E-state index contributed by atoms with van der Waals surface area (Å²) < 4.78 is 0. The summed E-state index contributed by atoms with van der Waals surface area (Å²) in [5.74, 6) is 0.322. The van der Waals surface area contributed by atoms with Crippen LogP contribution in [-0.2, 0) is 0 Å². The number of rotatable bonds is 2. The number of phenols is 1. The zero-order valence-corrected chi connectivity index (χ0v) is 7.96. The van der Waals surface area contributed by atoms with Gasteiger partial charge in [-0.2, -0.15) is 0 Å². The summed E-state index contributed by atoms with van der Waals surface area (Å²) in [5, 5.41) is 8.63. The lowest BCUT2D eigenvalue weighted by atomic mass is 9.27. The van der Waals surface area contributed by atoms with Crippen molar-refractivity contribution in [3.05, 3.63) is 30.3 Å². The molecule has 1 N–H and O–H groups in total. The Morgan fingerprint density at radius 2 is 1.92 bits per heavy atom. The molecule has 0 radical (unpaired) electrons. The molecule has 0 saturated heterocycles. The Kier molecular flexibility index (Phi) is 7.77. The molecule has 0 bridgehead atoms. The Morgan fingerprint density at radius 1 is 1.33 bits per heavy atom. The van der Waals surface area contributed by atoms with Crippen molar-refractivity contribution >= 4 is 22.0 Å². The van der Waals surface area contributed by atoms with E-state index in [0.29, 0.717) is 5.75 Å². The van der Waals surface area contributed by atoms with Crippen LogP contribution >= 0.6 is 0 Å². The average molecular weight is 160 g/mol. The van der Waals surface area contributed by atoms with Gasteiger partial charge in [-0.05, 0) is 12.1 Å². The van der Waals surface area contributed by atoms with Crippen LogP contribution < -0.4 is 0 Å². The third kappa shape index (κ3) is 7.32. The molecule has 0 fully saturated rings. The standard InChI is InChI=1S/C6H6O.C2H9B3/c7-6-4-2-1-3-5-6;1-2-4-5-3/h1-5,7H;4-5H,2-3H2,1H3. The van der Waals surface area contributed by atoms with E-state index >= 15 is 0 Å². The zero-order chi connectivity index (χ0) is 9.23. The average Bonchev–Trinajstić information content (AvgIpc) is 2.08. The van der Waals surface area contributed by atoms with Crippen molar-refractivity contribution in [1.82, 2.24) is 0 Å². The second-order valence-corrected chi connectivity index (χ2v) is 2.69. The second-order valence-electron chi connectivity index (χ2n) is 2.69. The normalized spacial score (nSPS) is 7.75. The molecule has 62 valence electrons. The van der Waals surface area contributed by atoms with Gasteiger partial charge in [0, 0.05) is 0 Å². The number of hydrogen-bond acceptors (Lipinski definition) is 1. The van der Waals surface area contributed by atoms with Crippen LogP contribution in [0.4, 0.5) is 0 Å². The molecule has 0 aliphatic heterocycles. The molecule has 0 aromatic heterocycles. The first-order valence-corrected chi connectivity index (χ1v) is 4.55. The Bertz CT molecular complexity index is 177. The topological polar surface area (TPSA) is 20.2 Å². The van der Waals surface area contributed by atoms with Gasteiger partial charge in [0.25, 0.3) is 0 Å². The van der Waals surface area contributed by atoms with E-state index in [1.54, 1.807) is 24.3 Å². The molecule has 12 heavy (non-hydrogen) atoms. The molecule has 0 spiro atoms. The van der Waals surface area contributed by atoms with Crippen LogP contribution in [0.5, 0.6) is 5.75 Å². The summed E-state index contributed by atoms with van der Waals surface area (Å²) in [6.07, 6.45) is 1.34. The van der Waals surface area contributed by atoms with E-state index in [1.165, 1.54) is 20.6 Å². The quantitative estimate of drug-likeness (QED) is 0.610. The van der Waals surface area contributed by atoms with E-state index < -0.39 is 0 Å². The maximum Gasteiger partial charge on any atom is 0.115 e. The van der Waals surface area contributed by atoms with Crippen LogP contribution in [-0.4, -0.2) is 27.1 Å². The molecule has 0 atom stereocenters. The number of aromatic hydroxyl groups is 1. The Morgan fingerprint density at radius 3 is 2.08 bits per heavy atom. The molecule has 1 nitrogen and oxygen atoms in total. The zero-order valence-electron chi connectivity index (χ0n) is 7.96. The molecule has 0 amide bonds. The Labute approximate surface area is 77.1 Å². The van der Waals surface area contributed by atoms with Gasteiger partial charge in [0.2, 0.25) is 0 Å². The minimum atomic E-state index is 0.322. The van der Waals surface area contributed by atoms with Crippen molar-refractivity contribution in [3.63, 3.8) is 0 Å². The van der Waals surface area contributed by atoms with Crippen molar-refractivity contribution < 1.29 is 5.11 Å². The predicted molar refractivity (Wildman–Crippen MR) is 61.4 cm³/mol. The largest absolute Gasteiger partial charge is 0.508 e. The smallest absolute Gasteiger partial charge is 0.115 e. The molecule has 0 aliphatic carbocycles. The van der Waals surface area contributed by atoms with Gasteiger partial charge in [-0.25, -0.2) is 0 Å². The highest BCUT2D eigenvalue weighted by molar-refractivity contribution is 7.23. The van der Waals surface area contributed by atoms with Gasteiger partial charge in [0.05, 0.1) is 22.0 Å². The van der Waals surface area contributed by atoms with Gasteiger partial charge in [-0.3, -0.25) is 0 Å². The summed E-state index contributed by atoms with van der Waals surface area (Å²) in [6, 6.07) is 8.71. The van der Waals surface area contributed by atoms with Gasteiger partial charge < -0.3 is 5.11 Å². The number of phenolic OH excluding ortho intramolecular Hbond substituents is 1. The molecule has 4 heteroatoms. The molecule has 0 aliphatic rings. The summed E-state index contributed by atoms with van der Waals surface area (Å²) >= 11 is 0. The van der Waals surface area contributed by atoms with Crippen LogP contribution in [0.15, 0.2) is 30.3 Å². The van der Waals surface area contributed by atoms with E-state index in [0.717, 1.165) is 0 Å². The first kappa shape index (κ1) is 11.2. The highest BCUT2D eigenvalue weighted by atomic mass is 16.3. The number of hydrogen-bond donors (Lipinski definition) is 1. The fourth-order valence-electron chi connectivity index (χ4n) is 0.782. The van der Waals surface area contributed by atoms with Gasteiger partial charge in [-0.1, -0.05) is 31.4 Å². The summed E-state index contributed by atoms with van der Waals surface area (Å²) in [4.78, 5) is 0. The monoisotopic (exact) mass is 160 g/mol. The SMILES string of the molecule is BBBCC.Oc1ccccc1. The Hall–Kier alpha value is -0.785. The van der Waals surface area contributed by atoms with Crippen molar-refractivity contribution in [3.8, 4) is 5.75 Å². The van der Waals surface area contributed by atoms with Crippen molar-refractivity contribution in [1.29, 1.82) is 0 Å². The molecular formula is C8H15B3O.